The van der Waals surface area contributed by atoms with Crippen molar-refractivity contribution in [2.45, 2.75) is 6.61 Å². The molecule has 0 unspecified atom stereocenters. The Morgan fingerprint density at radius 1 is 1.10 bits per heavy atom. The number of H-pyrrole nitrogens is 1. The van der Waals surface area contributed by atoms with Gasteiger partial charge in [-0.3, -0.25) is 4.98 Å². The first-order valence-electron chi connectivity index (χ1n) is 6.23. The van der Waals surface area contributed by atoms with E-state index in [-0.39, 0.29) is 5.69 Å². The van der Waals surface area contributed by atoms with Crippen LogP contribution in [0, 0.1) is 0 Å². The van der Waals surface area contributed by atoms with Crippen molar-refractivity contribution in [3.63, 3.8) is 0 Å². The number of nitrogens with one attached hydrogen (secondary N) is 1. The lowest BCUT2D eigenvalue weighted by Crippen LogP contribution is -2.15. The Hall–Kier alpha value is -2.82. The molecule has 0 atom stereocenters. The zero-order valence-electron chi connectivity index (χ0n) is 10.7. The first-order valence-corrected chi connectivity index (χ1v) is 6.23. The van der Waals surface area contributed by atoms with E-state index in [1.165, 1.54) is 11.0 Å². The maximum absolute atomic E-state index is 11.5. The number of benzene rings is 2. The summed E-state index contributed by atoms with van der Waals surface area (Å²) in [6, 6.07) is 17.2. The van der Waals surface area contributed by atoms with Crippen molar-refractivity contribution < 1.29 is 4.74 Å². The molecule has 0 fully saturated rings. The maximum Gasteiger partial charge on any atom is 0.347 e. The third kappa shape index (κ3) is 2.61. The molecule has 0 aliphatic rings. The number of nitrogens with zero attached hydrogens (tertiary/aromatic N) is 2. The number of ether oxygens (including phenoxy) is 1. The van der Waals surface area contributed by atoms with Crippen molar-refractivity contribution >= 4 is 0 Å². The van der Waals surface area contributed by atoms with Crippen molar-refractivity contribution in [3.05, 3.63) is 77.0 Å². The molecule has 0 radical (unpaired) electrons. The molecule has 20 heavy (non-hydrogen) atoms. The summed E-state index contributed by atoms with van der Waals surface area (Å²) in [6.45, 7) is 0.486. The fourth-order valence-corrected chi connectivity index (χ4v) is 1.89. The normalized spacial score (nSPS) is 10.4. The van der Waals surface area contributed by atoms with Gasteiger partial charge in [0.25, 0.3) is 0 Å². The first kappa shape index (κ1) is 12.2. The van der Waals surface area contributed by atoms with Gasteiger partial charge in [-0.1, -0.05) is 36.4 Å². The quantitative estimate of drug-likeness (QED) is 0.787. The highest BCUT2D eigenvalue weighted by Gasteiger charge is 2.03. The molecule has 100 valence electrons. The number of aromatic nitrogens is 3. The van der Waals surface area contributed by atoms with Gasteiger partial charge < -0.3 is 4.74 Å². The molecular weight excluding hydrogens is 254 g/mol. The Kier molecular flexibility index (Phi) is 3.33. The molecular formula is C15H13N3O2. The maximum atomic E-state index is 11.5. The van der Waals surface area contributed by atoms with Gasteiger partial charge in [-0.25, -0.2) is 4.79 Å². The van der Waals surface area contributed by atoms with Crippen LogP contribution in [0.15, 0.2) is 65.7 Å². The third-order valence-corrected chi connectivity index (χ3v) is 2.86. The predicted octanol–water partition coefficient (Wildman–Crippen LogP) is 2.14. The monoisotopic (exact) mass is 267 g/mol. The minimum Gasteiger partial charge on any atom is -0.489 e. The van der Waals surface area contributed by atoms with Crippen LogP contribution in [0.1, 0.15) is 5.56 Å². The summed E-state index contributed by atoms with van der Waals surface area (Å²) < 4.78 is 7.00. The molecule has 2 aromatic carbocycles. The lowest BCUT2D eigenvalue weighted by Gasteiger charge is -2.07. The van der Waals surface area contributed by atoms with E-state index in [0.717, 1.165) is 5.56 Å². The molecule has 5 nitrogen and oxygen atoms in total. The van der Waals surface area contributed by atoms with Gasteiger partial charge in [0.2, 0.25) is 0 Å². The Balaban J connectivity index is 1.78. The van der Waals surface area contributed by atoms with E-state index in [1.54, 1.807) is 12.1 Å². The van der Waals surface area contributed by atoms with Gasteiger partial charge in [-0.05, 0) is 17.7 Å². The van der Waals surface area contributed by atoms with Gasteiger partial charge >= 0.3 is 5.69 Å². The molecule has 0 bridgehead atoms. The van der Waals surface area contributed by atoms with Crippen LogP contribution in [0.25, 0.3) is 5.69 Å². The molecule has 0 spiro atoms. The van der Waals surface area contributed by atoms with E-state index in [1.807, 2.05) is 42.5 Å². The highest BCUT2D eigenvalue weighted by atomic mass is 16.5. The highest BCUT2D eigenvalue weighted by molar-refractivity contribution is 5.38. The fraction of sp³-hybridized carbons (Fsp3) is 0.0667. The molecule has 0 amide bonds. The summed E-state index contributed by atoms with van der Waals surface area (Å²) in [5, 5.41) is 3.94. The van der Waals surface area contributed by atoms with Crippen LogP contribution in [-0.2, 0) is 6.61 Å². The van der Waals surface area contributed by atoms with Crippen molar-refractivity contribution in [1.82, 2.24) is 14.8 Å². The molecule has 0 aliphatic carbocycles. The van der Waals surface area contributed by atoms with E-state index in [4.69, 9.17) is 4.74 Å². The highest BCUT2D eigenvalue weighted by Crippen LogP contribution is 2.16. The standard InChI is InChI=1S/C15H13N3O2/c19-15-16-11-17-18(15)13-7-4-8-14(9-13)20-10-12-5-2-1-3-6-12/h1-9,11H,10H2,(H,16,17,19). The van der Waals surface area contributed by atoms with Crippen LogP contribution < -0.4 is 10.4 Å². The third-order valence-electron chi connectivity index (χ3n) is 2.86. The van der Waals surface area contributed by atoms with Gasteiger partial charge in [0.1, 0.15) is 18.7 Å². The summed E-state index contributed by atoms with van der Waals surface area (Å²) in [5.41, 5.74) is 1.49. The van der Waals surface area contributed by atoms with Gasteiger partial charge in [0.05, 0.1) is 5.69 Å². The molecule has 0 saturated heterocycles. The lowest BCUT2D eigenvalue weighted by molar-refractivity contribution is 0.306. The van der Waals surface area contributed by atoms with Crippen LogP contribution in [0.4, 0.5) is 0 Å². The molecule has 0 saturated carbocycles. The van der Waals surface area contributed by atoms with Gasteiger partial charge in [0.15, 0.2) is 0 Å². The Bertz CT molecular complexity index is 747. The number of hydrogen-bond acceptors (Lipinski definition) is 3. The van der Waals surface area contributed by atoms with Gasteiger partial charge in [-0.15, -0.1) is 0 Å². The SMILES string of the molecule is O=c1[nH]cnn1-c1cccc(OCc2ccccc2)c1. The van der Waals surface area contributed by atoms with Crippen molar-refractivity contribution in [2.24, 2.45) is 0 Å². The predicted molar refractivity (Wildman–Crippen MR) is 75.0 cm³/mol. The first-order chi connectivity index (χ1) is 9.83. The van der Waals surface area contributed by atoms with Gasteiger partial charge in [-0.2, -0.15) is 9.78 Å². The Morgan fingerprint density at radius 2 is 1.95 bits per heavy atom. The Morgan fingerprint density at radius 3 is 2.70 bits per heavy atom. The summed E-state index contributed by atoms with van der Waals surface area (Å²) in [5.74, 6) is 0.696. The topological polar surface area (TPSA) is 59.9 Å². The van der Waals surface area contributed by atoms with Gasteiger partial charge in [0, 0.05) is 6.07 Å². The largest absolute Gasteiger partial charge is 0.489 e. The van der Waals surface area contributed by atoms with Crippen molar-refractivity contribution in [2.75, 3.05) is 0 Å². The molecule has 0 aliphatic heterocycles. The van der Waals surface area contributed by atoms with E-state index in [2.05, 4.69) is 10.1 Å². The minimum atomic E-state index is -0.273. The van der Waals surface area contributed by atoms with E-state index < -0.39 is 0 Å². The summed E-state index contributed by atoms with van der Waals surface area (Å²) in [6.07, 6.45) is 1.36. The average molecular weight is 267 g/mol. The van der Waals surface area contributed by atoms with E-state index in [9.17, 15) is 4.79 Å². The van der Waals surface area contributed by atoms with Crippen LogP contribution >= 0.6 is 0 Å². The van der Waals surface area contributed by atoms with Crippen LogP contribution in [0.3, 0.4) is 0 Å². The fourth-order valence-electron chi connectivity index (χ4n) is 1.89. The van der Waals surface area contributed by atoms with Crippen molar-refractivity contribution in [3.8, 4) is 11.4 Å². The second-order valence-electron chi connectivity index (χ2n) is 4.28. The Labute approximate surface area is 115 Å². The zero-order valence-corrected chi connectivity index (χ0v) is 10.7. The summed E-state index contributed by atoms with van der Waals surface area (Å²) >= 11 is 0. The molecule has 1 heterocycles. The average Bonchev–Trinajstić information content (AvgIpc) is 2.93. The van der Waals surface area contributed by atoms with Crippen LogP contribution in [-0.4, -0.2) is 14.8 Å². The molecule has 3 rings (SSSR count). The van der Waals surface area contributed by atoms with E-state index >= 15 is 0 Å². The molecule has 1 N–H and O–H groups in total. The van der Waals surface area contributed by atoms with Crippen molar-refractivity contribution in [1.29, 1.82) is 0 Å². The smallest absolute Gasteiger partial charge is 0.347 e. The van der Waals surface area contributed by atoms with Crippen LogP contribution in [0.2, 0.25) is 0 Å². The molecule has 1 aromatic heterocycles. The van der Waals surface area contributed by atoms with E-state index in [0.29, 0.717) is 18.0 Å². The number of aromatic amines is 1. The lowest BCUT2D eigenvalue weighted by atomic mass is 10.2. The molecule has 5 heteroatoms. The minimum absolute atomic E-state index is 0.273. The zero-order chi connectivity index (χ0) is 13.8. The second kappa shape index (κ2) is 5.44. The molecule has 3 aromatic rings. The summed E-state index contributed by atoms with van der Waals surface area (Å²) in [7, 11) is 0. The van der Waals surface area contributed by atoms with Crippen LogP contribution in [0.5, 0.6) is 5.75 Å². The second-order valence-corrected chi connectivity index (χ2v) is 4.28. The number of hydrogen-bond donors (Lipinski definition) is 1. The number of rotatable bonds is 4. The summed E-state index contributed by atoms with van der Waals surface area (Å²) in [4.78, 5) is 14.0.